The van der Waals surface area contributed by atoms with Gasteiger partial charge in [-0.25, -0.2) is 9.59 Å². The van der Waals surface area contributed by atoms with Gasteiger partial charge in [-0.15, -0.1) is 0 Å². The lowest BCUT2D eigenvalue weighted by Gasteiger charge is -2.22. The van der Waals surface area contributed by atoms with Gasteiger partial charge in [0.15, 0.2) is 0 Å². The van der Waals surface area contributed by atoms with E-state index in [1.165, 1.54) is 6.08 Å². The summed E-state index contributed by atoms with van der Waals surface area (Å²) in [6.45, 7) is 13.8. The molecule has 0 aromatic rings. The largest absolute Gasteiger partial charge is 0.463 e. The number of rotatable bonds is 3. The highest BCUT2D eigenvalue weighted by Gasteiger charge is 2.56. The molecule has 5 nitrogen and oxygen atoms in total. The molecule has 1 amide bonds. The second kappa shape index (κ2) is 6.08. The number of nitrogens with zero attached hydrogens (tertiary/aromatic N) is 1. The Morgan fingerprint density at radius 3 is 2.14 bits per heavy atom. The van der Waals surface area contributed by atoms with Gasteiger partial charge in [-0.05, 0) is 33.1 Å². The Labute approximate surface area is 127 Å². The Hall–Kier alpha value is -1.52. The van der Waals surface area contributed by atoms with E-state index in [9.17, 15) is 9.59 Å². The van der Waals surface area contributed by atoms with E-state index in [1.807, 2.05) is 20.8 Å². The summed E-state index contributed by atoms with van der Waals surface area (Å²) in [5, 5.41) is 0. The van der Waals surface area contributed by atoms with Crippen LogP contribution in [0.25, 0.3) is 0 Å². The summed E-state index contributed by atoms with van der Waals surface area (Å²) in [7, 11) is 0. The summed E-state index contributed by atoms with van der Waals surface area (Å²) in [6.07, 6.45) is 2.76. The average Bonchev–Trinajstić information content (AvgIpc) is 2.98. The van der Waals surface area contributed by atoms with Crippen LogP contribution >= 0.6 is 0 Å². The van der Waals surface area contributed by atoms with Gasteiger partial charge in [0, 0.05) is 6.08 Å². The van der Waals surface area contributed by atoms with E-state index in [0.29, 0.717) is 6.61 Å². The molecule has 0 aromatic carbocycles. The molecule has 0 aromatic heterocycles. The van der Waals surface area contributed by atoms with Crippen molar-refractivity contribution in [2.45, 2.75) is 66.2 Å². The lowest BCUT2D eigenvalue weighted by Crippen LogP contribution is -2.30. The zero-order valence-corrected chi connectivity index (χ0v) is 14.1. The maximum Gasteiger partial charge on any atom is 0.411 e. The first-order valence-corrected chi connectivity index (χ1v) is 7.33. The zero-order valence-electron chi connectivity index (χ0n) is 14.1. The third-order valence-corrected chi connectivity index (χ3v) is 3.06. The molecule has 0 unspecified atom stereocenters. The number of ether oxygens (including phenoxy) is 2. The van der Waals surface area contributed by atoms with Gasteiger partial charge < -0.3 is 9.47 Å². The van der Waals surface area contributed by atoms with Crippen molar-refractivity contribution in [2.24, 2.45) is 5.41 Å². The summed E-state index contributed by atoms with van der Waals surface area (Å²) in [5.41, 5.74) is -0.613. The molecule has 1 heterocycles. The highest BCUT2D eigenvalue weighted by atomic mass is 16.6. The fourth-order valence-corrected chi connectivity index (χ4v) is 2.29. The van der Waals surface area contributed by atoms with Gasteiger partial charge in [0.25, 0.3) is 0 Å². The predicted molar refractivity (Wildman–Crippen MR) is 80.9 cm³/mol. The van der Waals surface area contributed by atoms with Crippen molar-refractivity contribution < 1.29 is 19.1 Å². The molecule has 1 rings (SSSR count). The summed E-state index contributed by atoms with van der Waals surface area (Å²) in [6, 6.07) is -0.0951. The molecule has 120 valence electrons. The van der Waals surface area contributed by atoms with Crippen molar-refractivity contribution in [3.8, 4) is 0 Å². The van der Waals surface area contributed by atoms with Crippen LogP contribution < -0.4 is 0 Å². The quantitative estimate of drug-likeness (QED) is 0.456. The van der Waals surface area contributed by atoms with Gasteiger partial charge in [-0.3, -0.25) is 4.90 Å². The molecule has 1 fully saturated rings. The summed E-state index contributed by atoms with van der Waals surface area (Å²) < 4.78 is 10.3. The minimum Gasteiger partial charge on any atom is -0.463 e. The predicted octanol–water partition coefficient (Wildman–Crippen LogP) is 3.14. The number of esters is 1. The molecule has 0 saturated carbocycles. The van der Waals surface area contributed by atoms with Crippen molar-refractivity contribution in [1.82, 2.24) is 4.90 Å². The Bertz CT molecular complexity index is 429. The van der Waals surface area contributed by atoms with Crippen molar-refractivity contribution in [3.05, 3.63) is 12.2 Å². The van der Waals surface area contributed by atoms with E-state index >= 15 is 0 Å². The number of carbonyl (C=O) groups is 2. The molecule has 1 saturated heterocycles. The Kier molecular flexibility index (Phi) is 5.07. The molecule has 5 heteroatoms. The first-order chi connectivity index (χ1) is 9.47. The second-order valence-corrected chi connectivity index (χ2v) is 7.30. The molecule has 1 aliphatic heterocycles. The van der Waals surface area contributed by atoms with Crippen LogP contribution in [0.4, 0.5) is 4.79 Å². The lowest BCUT2D eigenvalue weighted by atomic mass is 9.90. The van der Waals surface area contributed by atoms with Crippen molar-refractivity contribution in [1.29, 1.82) is 0 Å². The highest BCUT2D eigenvalue weighted by molar-refractivity contribution is 5.82. The minimum absolute atomic E-state index is 0.0260. The van der Waals surface area contributed by atoms with Crippen LogP contribution in [-0.4, -0.2) is 41.3 Å². The third kappa shape index (κ3) is 5.06. The van der Waals surface area contributed by atoms with E-state index in [4.69, 9.17) is 9.47 Å². The molecule has 1 aliphatic rings. The number of hydrogen-bond donors (Lipinski definition) is 0. The zero-order chi connectivity index (χ0) is 16.4. The molecule has 21 heavy (non-hydrogen) atoms. The van der Waals surface area contributed by atoms with Gasteiger partial charge in [0.2, 0.25) is 0 Å². The topological polar surface area (TPSA) is 55.6 Å². The number of carbonyl (C=O) groups excluding carboxylic acids is 2. The summed E-state index contributed by atoms with van der Waals surface area (Å²) in [5.74, 6) is -0.388. The van der Waals surface area contributed by atoms with Gasteiger partial charge in [-0.2, -0.15) is 0 Å². The van der Waals surface area contributed by atoms with Crippen LogP contribution in [0.2, 0.25) is 0 Å². The van der Waals surface area contributed by atoms with Crippen molar-refractivity contribution in [3.63, 3.8) is 0 Å². The standard InChI is InChI=1S/C16H27NO4/c1-8-20-12(18)10-9-11-13(15(2,3)4)17(11)14(19)21-16(5,6)7/h9-11,13H,8H2,1-7H3/b10-9+/t11-,13+,17?/m1/s1. The molecule has 2 atom stereocenters. The molecular formula is C16H27NO4. The molecule has 0 bridgehead atoms. The van der Waals surface area contributed by atoms with Crippen molar-refractivity contribution >= 4 is 12.1 Å². The summed E-state index contributed by atoms with van der Waals surface area (Å²) >= 11 is 0. The Balaban J connectivity index is 2.78. The fourth-order valence-electron chi connectivity index (χ4n) is 2.29. The Morgan fingerprint density at radius 2 is 1.71 bits per heavy atom. The first kappa shape index (κ1) is 17.5. The van der Waals surface area contributed by atoms with E-state index in [1.54, 1.807) is 17.9 Å². The lowest BCUT2D eigenvalue weighted by molar-refractivity contribution is -0.137. The van der Waals surface area contributed by atoms with E-state index in [0.717, 1.165) is 0 Å². The molecular weight excluding hydrogens is 270 g/mol. The molecule has 0 radical (unpaired) electrons. The maximum atomic E-state index is 12.2. The fraction of sp³-hybridized carbons (Fsp3) is 0.750. The summed E-state index contributed by atoms with van der Waals surface area (Å²) in [4.78, 5) is 25.3. The van der Waals surface area contributed by atoms with Gasteiger partial charge in [0.1, 0.15) is 5.60 Å². The Morgan fingerprint density at radius 1 is 1.14 bits per heavy atom. The second-order valence-electron chi connectivity index (χ2n) is 7.30. The van der Waals surface area contributed by atoms with Gasteiger partial charge >= 0.3 is 12.1 Å². The SMILES string of the molecule is CCOC(=O)/C=C/[C@@H]1[C@@H](C(C)(C)C)N1C(=O)OC(C)(C)C. The van der Waals surface area contributed by atoms with E-state index in [2.05, 4.69) is 20.8 Å². The van der Waals surface area contributed by atoms with Crippen LogP contribution in [0.15, 0.2) is 12.2 Å². The van der Waals surface area contributed by atoms with Crippen LogP contribution in [0.3, 0.4) is 0 Å². The number of amides is 1. The van der Waals surface area contributed by atoms with E-state index < -0.39 is 5.60 Å². The first-order valence-electron chi connectivity index (χ1n) is 7.33. The van der Waals surface area contributed by atoms with Crippen LogP contribution in [0.5, 0.6) is 0 Å². The normalized spacial score (nSPS) is 22.3. The van der Waals surface area contributed by atoms with Crippen LogP contribution in [0, 0.1) is 5.41 Å². The molecule has 0 spiro atoms. The minimum atomic E-state index is -0.530. The van der Waals surface area contributed by atoms with Crippen LogP contribution in [0.1, 0.15) is 48.5 Å². The third-order valence-electron chi connectivity index (χ3n) is 3.06. The van der Waals surface area contributed by atoms with E-state index in [-0.39, 0.29) is 29.6 Å². The van der Waals surface area contributed by atoms with Crippen molar-refractivity contribution in [2.75, 3.05) is 6.61 Å². The molecule has 0 N–H and O–H groups in total. The van der Waals surface area contributed by atoms with Gasteiger partial charge in [0.05, 0.1) is 18.7 Å². The average molecular weight is 297 g/mol. The highest BCUT2D eigenvalue weighted by Crippen LogP contribution is 2.43. The smallest absolute Gasteiger partial charge is 0.411 e. The van der Waals surface area contributed by atoms with Gasteiger partial charge in [-0.1, -0.05) is 26.8 Å². The maximum absolute atomic E-state index is 12.2. The molecule has 0 aliphatic carbocycles. The monoisotopic (exact) mass is 297 g/mol. The number of hydrogen-bond acceptors (Lipinski definition) is 4. The van der Waals surface area contributed by atoms with Crippen LogP contribution in [-0.2, 0) is 14.3 Å².